The standard InChI is InChI=1S/C14H15BrFNO/c1-14(2,3)13(18)11(15)7-9-5-4-6-12(16)10(9)8-17/h4-6,11H,7H2,1-3H3. The SMILES string of the molecule is CC(C)(C)C(=O)C(Br)Cc1cccc(F)c1C#N. The van der Waals surface area contributed by atoms with Gasteiger partial charge in [0.15, 0.2) is 5.78 Å². The number of hydrogen-bond donors (Lipinski definition) is 0. The Labute approximate surface area is 115 Å². The number of halogens is 2. The topological polar surface area (TPSA) is 40.9 Å². The van der Waals surface area contributed by atoms with E-state index >= 15 is 0 Å². The van der Waals surface area contributed by atoms with Crippen LogP contribution in [0.25, 0.3) is 0 Å². The zero-order valence-electron chi connectivity index (χ0n) is 10.6. The highest BCUT2D eigenvalue weighted by Gasteiger charge is 2.28. The Morgan fingerprint density at radius 3 is 2.61 bits per heavy atom. The quantitative estimate of drug-likeness (QED) is 0.800. The van der Waals surface area contributed by atoms with Gasteiger partial charge in [0.05, 0.1) is 10.4 Å². The normalized spacial score (nSPS) is 12.9. The van der Waals surface area contributed by atoms with E-state index in [1.54, 1.807) is 12.1 Å². The summed E-state index contributed by atoms with van der Waals surface area (Å²) in [5, 5.41) is 8.92. The summed E-state index contributed by atoms with van der Waals surface area (Å²) >= 11 is 3.32. The summed E-state index contributed by atoms with van der Waals surface area (Å²) in [6, 6.07) is 6.31. The molecule has 0 N–H and O–H groups in total. The number of benzene rings is 1. The molecule has 96 valence electrons. The minimum atomic E-state index is -0.544. The van der Waals surface area contributed by atoms with Gasteiger partial charge in [-0.1, -0.05) is 48.8 Å². The maximum absolute atomic E-state index is 13.4. The largest absolute Gasteiger partial charge is 0.298 e. The smallest absolute Gasteiger partial charge is 0.152 e. The zero-order chi connectivity index (χ0) is 13.9. The van der Waals surface area contributed by atoms with Crippen molar-refractivity contribution in [1.82, 2.24) is 0 Å². The van der Waals surface area contributed by atoms with Crippen molar-refractivity contribution in [3.05, 3.63) is 35.1 Å². The lowest BCUT2D eigenvalue weighted by Crippen LogP contribution is -2.30. The number of nitriles is 1. The average Bonchev–Trinajstić information content (AvgIpc) is 2.27. The lowest BCUT2D eigenvalue weighted by Gasteiger charge is -2.21. The zero-order valence-corrected chi connectivity index (χ0v) is 12.2. The fourth-order valence-corrected chi connectivity index (χ4v) is 2.66. The van der Waals surface area contributed by atoms with Crippen LogP contribution in [0, 0.1) is 22.6 Å². The number of rotatable bonds is 3. The molecule has 0 aliphatic heterocycles. The van der Waals surface area contributed by atoms with E-state index in [1.807, 2.05) is 26.8 Å². The first-order chi connectivity index (χ1) is 8.27. The predicted octanol–water partition coefficient (Wildman–Crippen LogP) is 3.62. The van der Waals surface area contributed by atoms with Gasteiger partial charge in [0.2, 0.25) is 0 Å². The van der Waals surface area contributed by atoms with Gasteiger partial charge < -0.3 is 0 Å². The summed E-state index contributed by atoms with van der Waals surface area (Å²) in [5.41, 5.74) is 0.106. The van der Waals surface area contributed by atoms with Crippen LogP contribution in [-0.2, 0) is 11.2 Å². The molecule has 1 rings (SSSR count). The van der Waals surface area contributed by atoms with E-state index in [-0.39, 0.29) is 11.3 Å². The van der Waals surface area contributed by atoms with Crippen molar-refractivity contribution >= 4 is 21.7 Å². The molecular formula is C14H15BrFNO. The van der Waals surface area contributed by atoms with Gasteiger partial charge in [0, 0.05) is 5.41 Å². The Morgan fingerprint density at radius 2 is 2.11 bits per heavy atom. The van der Waals surface area contributed by atoms with Crippen LogP contribution in [-0.4, -0.2) is 10.6 Å². The molecule has 0 amide bonds. The van der Waals surface area contributed by atoms with Crippen LogP contribution >= 0.6 is 15.9 Å². The Balaban J connectivity index is 2.97. The van der Waals surface area contributed by atoms with Crippen molar-refractivity contribution in [3.63, 3.8) is 0 Å². The summed E-state index contributed by atoms with van der Waals surface area (Å²) in [5.74, 6) is -0.506. The first-order valence-electron chi connectivity index (χ1n) is 5.63. The minimum Gasteiger partial charge on any atom is -0.298 e. The second kappa shape index (κ2) is 5.62. The van der Waals surface area contributed by atoms with E-state index in [1.165, 1.54) is 6.07 Å². The molecule has 0 saturated carbocycles. The second-order valence-electron chi connectivity index (χ2n) is 5.17. The summed E-state index contributed by atoms with van der Waals surface area (Å²) in [6.07, 6.45) is 0.316. The number of carbonyl (C=O) groups excluding carboxylic acids is 1. The molecule has 1 atom stereocenters. The molecule has 0 heterocycles. The molecule has 0 bridgehead atoms. The first kappa shape index (κ1) is 14.8. The third-order valence-corrected chi connectivity index (χ3v) is 3.37. The molecule has 0 aliphatic rings. The van der Waals surface area contributed by atoms with E-state index in [0.717, 1.165) is 0 Å². The summed E-state index contributed by atoms with van der Waals surface area (Å²) in [6.45, 7) is 5.50. The fraction of sp³-hybridized carbons (Fsp3) is 0.429. The van der Waals surface area contributed by atoms with Crippen LogP contribution in [0.5, 0.6) is 0 Å². The number of alkyl halides is 1. The maximum atomic E-state index is 13.4. The minimum absolute atomic E-state index is 0.0173. The van der Waals surface area contributed by atoms with E-state index < -0.39 is 16.1 Å². The van der Waals surface area contributed by atoms with Crippen molar-refractivity contribution in [2.24, 2.45) is 5.41 Å². The lowest BCUT2D eigenvalue weighted by atomic mass is 9.87. The van der Waals surface area contributed by atoms with Gasteiger partial charge in [0.1, 0.15) is 11.9 Å². The highest BCUT2D eigenvalue weighted by molar-refractivity contribution is 9.10. The Morgan fingerprint density at radius 1 is 1.50 bits per heavy atom. The van der Waals surface area contributed by atoms with Crippen molar-refractivity contribution in [1.29, 1.82) is 5.26 Å². The van der Waals surface area contributed by atoms with Gasteiger partial charge in [-0.25, -0.2) is 4.39 Å². The maximum Gasteiger partial charge on any atom is 0.152 e. The third kappa shape index (κ3) is 3.39. The Kier molecular flexibility index (Phi) is 4.64. The summed E-state index contributed by atoms with van der Waals surface area (Å²) < 4.78 is 13.4. The van der Waals surface area contributed by atoms with Crippen LogP contribution in [0.1, 0.15) is 31.9 Å². The molecule has 2 nitrogen and oxygen atoms in total. The summed E-state index contributed by atoms with van der Waals surface area (Å²) in [4.78, 5) is 11.6. The van der Waals surface area contributed by atoms with Gasteiger partial charge in [-0.2, -0.15) is 5.26 Å². The number of hydrogen-bond acceptors (Lipinski definition) is 2. The fourth-order valence-electron chi connectivity index (χ4n) is 1.62. The molecule has 0 radical (unpaired) electrons. The first-order valence-corrected chi connectivity index (χ1v) is 6.55. The van der Waals surface area contributed by atoms with E-state index in [2.05, 4.69) is 15.9 Å². The van der Waals surface area contributed by atoms with E-state index in [4.69, 9.17) is 5.26 Å². The molecule has 0 aromatic heterocycles. The van der Waals surface area contributed by atoms with Crippen LogP contribution in [0.4, 0.5) is 4.39 Å². The lowest BCUT2D eigenvalue weighted by molar-refractivity contribution is -0.125. The van der Waals surface area contributed by atoms with Gasteiger partial charge in [-0.05, 0) is 18.1 Å². The summed E-state index contributed by atoms with van der Waals surface area (Å²) in [7, 11) is 0. The van der Waals surface area contributed by atoms with Crippen molar-refractivity contribution in [2.75, 3.05) is 0 Å². The molecule has 18 heavy (non-hydrogen) atoms. The molecular weight excluding hydrogens is 297 g/mol. The predicted molar refractivity (Wildman–Crippen MR) is 72.0 cm³/mol. The van der Waals surface area contributed by atoms with Gasteiger partial charge >= 0.3 is 0 Å². The number of ketones is 1. The van der Waals surface area contributed by atoms with Crippen molar-refractivity contribution in [2.45, 2.75) is 32.0 Å². The molecule has 0 saturated heterocycles. The molecule has 1 aromatic rings. The third-order valence-electron chi connectivity index (χ3n) is 2.63. The number of carbonyl (C=O) groups is 1. The van der Waals surface area contributed by atoms with E-state index in [0.29, 0.717) is 12.0 Å². The molecule has 0 fully saturated rings. The molecule has 0 aliphatic carbocycles. The highest BCUT2D eigenvalue weighted by Crippen LogP contribution is 2.24. The molecule has 0 spiro atoms. The highest BCUT2D eigenvalue weighted by atomic mass is 79.9. The molecule has 4 heteroatoms. The molecule has 1 unspecified atom stereocenters. The number of nitrogens with zero attached hydrogens (tertiary/aromatic N) is 1. The second-order valence-corrected chi connectivity index (χ2v) is 6.28. The number of Topliss-reactive ketones (excluding diaryl/α,β-unsaturated/α-hetero) is 1. The monoisotopic (exact) mass is 311 g/mol. The van der Waals surface area contributed by atoms with Crippen molar-refractivity contribution in [3.8, 4) is 6.07 Å². The van der Waals surface area contributed by atoms with Gasteiger partial charge in [-0.3, -0.25) is 4.79 Å². The van der Waals surface area contributed by atoms with Gasteiger partial charge in [0.25, 0.3) is 0 Å². The van der Waals surface area contributed by atoms with Crippen LogP contribution in [0.15, 0.2) is 18.2 Å². The van der Waals surface area contributed by atoms with E-state index in [9.17, 15) is 9.18 Å². The van der Waals surface area contributed by atoms with Crippen LogP contribution in [0.2, 0.25) is 0 Å². The Bertz CT molecular complexity index is 499. The van der Waals surface area contributed by atoms with Crippen molar-refractivity contribution < 1.29 is 9.18 Å². The molecule has 1 aromatic carbocycles. The van der Waals surface area contributed by atoms with Gasteiger partial charge in [-0.15, -0.1) is 0 Å². The average molecular weight is 312 g/mol. The van der Waals surface area contributed by atoms with Crippen LogP contribution < -0.4 is 0 Å². The van der Waals surface area contributed by atoms with Crippen LogP contribution in [0.3, 0.4) is 0 Å². The Hall–Kier alpha value is -1.21.